The highest BCUT2D eigenvalue weighted by Gasteiger charge is 2.22. The first-order valence-electron chi connectivity index (χ1n) is 9.42. The summed E-state index contributed by atoms with van der Waals surface area (Å²) in [7, 11) is 0. The monoisotopic (exact) mass is 405 g/mol. The van der Waals surface area contributed by atoms with Gasteiger partial charge in [0.2, 0.25) is 5.91 Å². The number of carbonyl (C=O) groups is 1. The van der Waals surface area contributed by atoms with Crippen LogP contribution >= 0.6 is 11.3 Å². The second-order valence-electron chi connectivity index (χ2n) is 7.17. The molecule has 5 rings (SSSR count). The maximum absolute atomic E-state index is 12.8. The first kappa shape index (κ1) is 17.9. The predicted octanol–water partition coefficient (Wildman–Crippen LogP) is 2.55. The number of benzene rings is 1. The zero-order valence-electron chi connectivity index (χ0n) is 16.2. The number of hydrogen-bond acceptors (Lipinski definition) is 7. The molecule has 0 unspecified atom stereocenters. The lowest BCUT2D eigenvalue weighted by molar-refractivity contribution is -0.132. The molecule has 0 saturated heterocycles. The van der Waals surface area contributed by atoms with Crippen LogP contribution in [0.2, 0.25) is 0 Å². The smallest absolute Gasteiger partial charge is 0.230 e. The Morgan fingerprint density at radius 2 is 2.07 bits per heavy atom. The number of rotatable bonds is 3. The Morgan fingerprint density at radius 1 is 1.17 bits per heavy atom. The molecule has 0 radical (unpaired) electrons. The van der Waals surface area contributed by atoms with Gasteiger partial charge >= 0.3 is 0 Å². The summed E-state index contributed by atoms with van der Waals surface area (Å²) >= 11 is 1.54. The lowest BCUT2D eigenvalue weighted by Crippen LogP contribution is -2.39. The van der Waals surface area contributed by atoms with Crippen molar-refractivity contribution in [2.45, 2.75) is 33.4 Å². The molecule has 1 aliphatic heterocycles. The molecule has 3 aromatic heterocycles. The van der Waals surface area contributed by atoms with Crippen LogP contribution < -0.4 is 0 Å². The maximum Gasteiger partial charge on any atom is 0.230 e. The third kappa shape index (κ3) is 3.49. The van der Waals surface area contributed by atoms with E-state index in [0.29, 0.717) is 18.9 Å². The van der Waals surface area contributed by atoms with Gasteiger partial charge in [-0.15, -0.1) is 10.2 Å². The number of amides is 1. The summed E-state index contributed by atoms with van der Waals surface area (Å²) < 4.78 is 2.11. The van der Waals surface area contributed by atoms with E-state index in [0.717, 1.165) is 44.5 Å². The van der Waals surface area contributed by atoms with Crippen LogP contribution in [0.5, 0.6) is 0 Å². The van der Waals surface area contributed by atoms with Gasteiger partial charge < -0.3 is 9.47 Å². The molecular formula is C20H19N7OS. The molecule has 9 heteroatoms. The molecule has 29 heavy (non-hydrogen) atoms. The first-order chi connectivity index (χ1) is 14.0. The molecule has 0 fully saturated rings. The summed E-state index contributed by atoms with van der Waals surface area (Å²) in [5, 5.41) is 11.0. The molecule has 0 atom stereocenters. The van der Waals surface area contributed by atoms with Crippen LogP contribution in [-0.4, -0.2) is 47.1 Å². The van der Waals surface area contributed by atoms with Crippen molar-refractivity contribution < 1.29 is 4.79 Å². The van der Waals surface area contributed by atoms with Crippen molar-refractivity contribution in [2.75, 3.05) is 6.54 Å². The lowest BCUT2D eigenvalue weighted by Gasteiger charge is -2.27. The van der Waals surface area contributed by atoms with Gasteiger partial charge in [0.15, 0.2) is 0 Å². The molecule has 0 aliphatic carbocycles. The van der Waals surface area contributed by atoms with Crippen LogP contribution in [0.4, 0.5) is 0 Å². The van der Waals surface area contributed by atoms with Crippen molar-refractivity contribution >= 4 is 28.1 Å². The summed E-state index contributed by atoms with van der Waals surface area (Å²) in [6, 6.07) is 5.94. The van der Waals surface area contributed by atoms with Crippen LogP contribution in [-0.2, 0) is 24.3 Å². The van der Waals surface area contributed by atoms with Gasteiger partial charge in [-0.05, 0) is 19.9 Å². The SMILES string of the molecule is Cc1cn2c(n1)CN(C(=O)Cc1ncc3ccc(-c4nnc(C)s4)cc3n1)CC2. The first-order valence-corrected chi connectivity index (χ1v) is 10.2. The van der Waals surface area contributed by atoms with Gasteiger partial charge in [-0.2, -0.15) is 0 Å². The van der Waals surface area contributed by atoms with Crippen LogP contribution in [0.15, 0.2) is 30.6 Å². The number of fused-ring (bicyclic) bond motifs is 2. The number of aromatic nitrogens is 6. The Hall–Kier alpha value is -3.20. The topological polar surface area (TPSA) is 89.7 Å². The third-order valence-corrected chi connectivity index (χ3v) is 5.88. The van der Waals surface area contributed by atoms with E-state index in [1.807, 2.05) is 43.1 Å². The zero-order chi connectivity index (χ0) is 20.0. The van der Waals surface area contributed by atoms with Gasteiger partial charge in [0.25, 0.3) is 0 Å². The van der Waals surface area contributed by atoms with Crippen LogP contribution in [0.3, 0.4) is 0 Å². The summed E-state index contributed by atoms with van der Waals surface area (Å²) in [4.78, 5) is 28.2. The van der Waals surface area contributed by atoms with Crippen molar-refractivity contribution in [3.05, 3.63) is 52.9 Å². The minimum absolute atomic E-state index is 0.0205. The number of imidazole rings is 1. The Morgan fingerprint density at radius 3 is 2.90 bits per heavy atom. The van der Waals surface area contributed by atoms with E-state index < -0.39 is 0 Å². The molecule has 146 valence electrons. The van der Waals surface area contributed by atoms with Crippen molar-refractivity contribution in [3.8, 4) is 10.6 Å². The molecule has 1 amide bonds. The Kier molecular flexibility index (Phi) is 4.31. The van der Waals surface area contributed by atoms with Gasteiger partial charge in [0, 0.05) is 36.4 Å². The average molecular weight is 405 g/mol. The number of carbonyl (C=O) groups excluding carboxylic acids is 1. The second kappa shape index (κ2) is 7.00. The van der Waals surface area contributed by atoms with E-state index in [1.165, 1.54) is 0 Å². The molecule has 0 N–H and O–H groups in total. The third-order valence-electron chi connectivity index (χ3n) is 4.99. The van der Waals surface area contributed by atoms with E-state index >= 15 is 0 Å². The fraction of sp³-hybridized carbons (Fsp3) is 0.300. The van der Waals surface area contributed by atoms with Gasteiger partial charge in [0.05, 0.1) is 24.2 Å². The Balaban J connectivity index is 1.36. The number of aryl methyl sites for hydroxylation is 2. The van der Waals surface area contributed by atoms with Crippen LogP contribution in [0.1, 0.15) is 22.4 Å². The van der Waals surface area contributed by atoms with Crippen molar-refractivity contribution in [1.82, 2.24) is 34.6 Å². The highest BCUT2D eigenvalue weighted by molar-refractivity contribution is 7.14. The quantitative estimate of drug-likeness (QED) is 0.520. The van der Waals surface area contributed by atoms with Crippen LogP contribution in [0.25, 0.3) is 21.5 Å². The van der Waals surface area contributed by atoms with Gasteiger partial charge in [-0.1, -0.05) is 23.5 Å². The van der Waals surface area contributed by atoms with Gasteiger partial charge in [-0.3, -0.25) is 4.79 Å². The number of nitrogens with zero attached hydrogens (tertiary/aromatic N) is 7. The number of hydrogen-bond donors (Lipinski definition) is 0. The summed E-state index contributed by atoms with van der Waals surface area (Å²) in [6.45, 7) is 5.88. The van der Waals surface area contributed by atoms with E-state index in [-0.39, 0.29) is 12.3 Å². The van der Waals surface area contributed by atoms with E-state index in [1.54, 1.807) is 17.5 Å². The summed E-state index contributed by atoms with van der Waals surface area (Å²) in [5.41, 5.74) is 2.75. The molecule has 4 aromatic rings. The largest absolute Gasteiger partial charge is 0.333 e. The fourth-order valence-corrected chi connectivity index (χ4v) is 4.24. The second-order valence-corrected chi connectivity index (χ2v) is 8.35. The fourth-order valence-electron chi connectivity index (χ4n) is 3.55. The highest BCUT2D eigenvalue weighted by atomic mass is 32.1. The minimum Gasteiger partial charge on any atom is -0.333 e. The molecule has 4 heterocycles. The molecule has 1 aliphatic rings. The molecule has 0 spiro atoms. The standard InChI is InChI=1S/C20H19N7OS/c1-12-10-26-5-6-27(11-18(26)22-12)19(28)8-17-21-9-15-4-3-14(7-16(15)23-17)20-25-24-13(2)29-20/h3-4,7,9-10H,5-6,8,11H2,1-2H3. The zero-order valence-corrected chi connectivity index (χ0v) is 17.0. The van der Waals surface area contributed by atoms with Crippen molar-refractivity contribution in [3.63, 3.8) is 0 Å². The Bertz CT molecular complexity index is 1230. The maximum atomic E-state index is 12.8. The van der Waals surface area contributed by atoms with E-state index in [9.17, 15) is 4.79 Å². The van der Waals surface area contributed by atoms with E-state index in [4.69, 9.17) is 0 Å². The minimum atomic E-state index is 0.0205. The van der Waals surface area contributed by atoms with Crippen molar-refractivity contribution in [2.24, 2.45) is 0 Å². The Labute approximate surface area is 171 Å². The molecule has 0 saturated carbocycles. The normalized spacial score (nSPS) is 13.7. The molecule has 8 nitrogen and oxygen atoms in total. The predicted molar refractivity (Wildman–Crippen MR) is 109 cm³/mol. The summed E-state index contributed by atoms with van der Waals surface area (Å²) in [6.07, 6.45) is 3.98. The average Bonchev–Trinajstić information content (AvgIpc) is 3.31. The summed E-state index contributed by atoms with van der Waals surface area (Å²) in [5.74, 6) is 1.48. The van der Waals surface area contributed by atoms with Crippen LogP contribution in [0, 0.1) is 13.8 Å². The lowest BCUT2D eigenvalue weighted by atomic mass is 10.1. The molecule has 0 bridgehead atoms. The van der Waals surface area contributed by atoms with Gasteiger partial charge in [-0.25, -0.2) is 15.0 Å². The van der Waals surface area contributed by atoms with Crippen molar-refractivity contribution in [1.29, 1.82) is 0 Å². The molecular weight excluding hydrogens is 386 g/mol. The van der Waals surface area contributed by atoms with E-state index in [2.05, 4.69) is 29.7 Å². The highest BCUT2D eigenvalue weighted by Crippen LogP contribution is 2.26. The molecule has 1 aromatic carbocycles. The van der Waals surface area contributed by atoms with Gasteiger partial charge in [0.1, 0.15) is 21.7 Å².